The Labute approximate surface area is 151 Å². The molecule has 3 aromatic rings. The lowest BCUT2D eigenvalue weighted by atomic mass is 10.0. The van der Waals surface area contributed by atoms with Gasteiger partial charge < -0.3 is 5.32 Å². The van der Waals surface area contributed by atoms with Gasteiger partial charge in [-0.3, -0.25) is 4.79 Å². The van der Waals surface area contributed by atoms with Crippen LogP contribution in [0, 0.1) is 0 Å². The van der Waals surface area contributed by atoms with E-state index in [0.717, 1.165) is 17.9 Å². The topological polar surface area (TPSA) is 59.8 Å². The summed E-state index contributed by atoms with van der Waals surface area (Å²) in [6.45, 7) is 6.14. The van der Waals surface area contributed by atoms with Crippen molar-refractivity contribution in [2.45, 2.75) is 39.2 Å². The molecule has 5 nitrogen and oxygen atoms in total. The summed E-state index contributed by atoms with van der Waals surface area (Å²) in [5, 5.41) is 11.7. The number of amides is 1. The monoisotopic (exact) mass is 354 g/mol. The molecule has 0 radical (unpaired) electrons. The highest BCUT2D eigenvalue weighted by Crippen LogP contribution is 2.22. The Morgan fingerprint density at radius 2 is 2.12 bits per heavy atom. The van der Waals surface area contributed by atoms with Crippen LogP contribution in [0.4, 0.5) is 0 Å². The number of nitrogens with one attached hydrogen (secondary N) is 1. The molecule has 0 fully saturated rings. The molecule has 0 aliphatic rings. The zero-order valence-electron chi connectivity index (χ0n) is 14.6. The molecule has 130 valence electrons. The summed E-state index contributed by atoms with van der Waals surface area (Å²) in [5.41, 5.74) is 2.72. The van der Waals surface area contributed by atoms with Gasteiger partial charge in [0.25, 0.3) is 5.91 Å². The average molecular weight is 354 g/mol. The van der Waals surface area contributed by atoms with E-state index in [1.807, 2.05) is 25.1 Å². The van der Waals surface area contributed by atoms with Crippen molar-refractivity contribution in [2.24, 2.45) is 0 Å². The first-order chi connectivity index (χ1) is 12.1. The summed E-state index contributed by atoms with van der Waals surface area (Å²) in [6.07, 6.45) is 4.18. The fraction of sp³-hybridized carbons (Fsp3) is 0.316. The van der Waals surface area contributed by atoms with Crippen LogP contribution in [0.1, 0.15) is 48.3 Å². The van der Waals surface area contributed by atoms with Crippen LogP contribution in [0.3, 0.4) is 0 Å². The van der Waals surface area contributed by atoms with E-state index in [0.29, 0.717) is 5.56 Å². The van der Waals surface area contributed by atoms with E-state index in [-0.39, 0.29) is 17.9 Å². The van der Waals surface area contributed by atoms with E-state index in [1.165, 1.54) is 5.56 Å². The summed E-state index contributed by atoms with van der Waals surface area (Å²) in [5.74, 6) is 0.780. The maximum Gasteiger partial charge on any atom is 0.255 e. The molecule has 0 bridgehead atoms. The molecule has 0 saturated carbocycles. The van der Waals surface area contributed by atoms with Crippen LogP contribution in [-0.4, -0.2) is 26.7 Å². The van der Waals surface area contributed by atoms with Crippen molar-refractivity contribution in [3.8, 4) is 5.82 Å². The fourth-order valence-electron chi connectivity index (χ4n) is 2.86. The Morgan fingerprint density at radius 3 is 2.76 bits per heavy atom. The maximum absolute atomic E-state index is 12.8. The van der Waals surface area contributed by atoms with Crippen molar-refractivity contribution >= 4 is 17.2 Å². The number of thiophene rings is 1. The van der Waals surface area contributed by atoms with Gasteiger partial charge in [0.15, 0.2) is 5.82 Å². The number of hydrogen-bond acceptors (Lipinski definition) is 4. The second kappa shape index (κ2) is 7.61. The van der Waals surface area contributed by atoms with Gasteiger partial charge in [-0.25, -0.2) is 9.67 Å². The number of carbonyl (C=O) groups excluding carboxylic acids is 1. The fourth-order valence-corrected chi connectivity index (χ4v) is 3.55. The molecule has 0 aromatic carbocycles. The Hall–Kier alpha value is -2.47. The van der Waals surface area contributed by atoms with Gasteiger partial charge in [-0.2, -0.15) is 16.4 Å². The van der Waals surface area contributed by atoms with Gasteiger partial charge >= 0.3 is 0 Å². The second-order valence-corrected chi connectivity index (χ2v) is 7.19. The number of hydrogen-bond donors (Lipinski definition) is 1. The van der Waals surface area contributed by atoms with Crippen molar-refractivity contribution in [1.29, 1.82) is 0 Å². The van der Waals surface area contributed by atoms with Gasteiger partial charge in [-0.05, 0) is 53.8 Å². The lowest BCUT2D eigenvalue weighted by Crippen LogP contribution is -2.34. The van der Waals surface area contributed by atoms with E-state index >= 15 is 0 Å². The number of nitrogens with zero attached hydrogens (tertiary/aromatic N) is 3. The van der Waals surface area contributed by atoms with Gasteiger partial charge in [0, 0.05) is 12.2 Å². The number of pyridine rings is 1. The first-order valence-electron chi connectivity index (χ1n) is 8.37. The predicted octanol–water partition coefficient (Wildman–Crippen LogP) is 3.81. The van der Waals surface area contributed by atoms with E-state index in [9.17, 15) is 4.79 Å². The van der Waals surface area contributed by atoms with E-state index in [4.69, 9.17) is 0 Å². The molecule has 0 spiro atoms. The Balaban J connectivity index is 1.82. The third kappa shape index (κ3) is 3.96. The highest BCUT2D eigenvalue weighted by molar-refractivity contribution is 7.07. The molecule has 6 heteroatoms. The summed E-state index contributed by atoms with van der Waals surface area (Å²) < 4.78 is 1.75. The maximum atomic E-state index is 12.8. The largest absolute Gasteiger partial charge is 0.349 e. The van der Waals surface area contributed by atoms with Crippen LogP contribution in [0.25, 0.3) is 5.82 Å². The van der Waals surface area contributed by atoms with Gasteiger partial charge in [-0.1, -0.05) is 19.9 Å². The van der Waals surface area contributed by atoms with Crippen molar-refractivity contribution in [1.82, 2.24) is 20.1 Å². The lowest BCUT2D eigenvalue weighted by Gasteiger charge is -2.15. The van der Waals surface area contributed by atoms with Gasteiger partial charge in [-0.15, -0.1) is 0 Å². The van der Waals surface area contributed by atoms with Crippen LogP contribution in [0.5, 0.6) is 0 Å². The van der Waals surface area contributed by atoms with Crippen LogP contribution >= 0.6 is 11.3 Å². The number of aromatic nitrogens is 3. The lowest BCUT2D eigenvalue weighted by molar-refractivity contribution is 0.0938. The van der Waals surface area contributed by atoms with E-state index in [2.05, 4.69) is 46.1 Å². The first-order valence-corrected chi connectivity index (χ1v) is 9.31. The third-order valence-electron chi connectivity index (χ3n) is 3.96. The normalized spacial score (nSPS) is 12.3. The Kier molecular flexibility index (Phi) is 5.28. The molecule has 3 rings (SSSR count). The van der Waals surface area contributed by atoms with E-state index < -0.39 is 0 Å². The summed E-state index contributed by atoms with van der Waals surface area (Å²) >= 11 is 1.67. The van der Waals surface area contributed by atoms with Gasteiger partial charge in [0.1, 0.15) is 0 Å². The number of carbonyl (C=O) groups is 1. The molecule has 3 heterocycles. The standard InChI is InChI=1S/C19H22N4OS/c1-13(2)18-16(11-21-23(18)17-6-4-5-8-20-17)19(24)22-14(3)10-15-7-9-25-12-15/h4-9,11-14H,10H2,1-3H3,(H,22,24). The minimum absolute atomic E-state index is 0.0558. The molecule has 0 aliphatic carbocycles. The SMILES string of the molecule is CC(Cc1ccsc1)NC(=O)c1cnn(-c2ccccn2)c1C(C)C. The molecular formula is C19H22N4OS. The van der Waals surface area contributed by atoms with Crippen molar-refractivity contribution in [3.63, 3.8) is 0 Å². The highest BCUT2D eigenvalue weighted by atomic mass is 32.1. The van der Waals surface area contributed by atoms with E-state index in [1.54, 1.807) is 28.4 Å². The Bertz CT molecular complexity index is 824. The Morgan fingerprint density at radius 1 is 1.28 bits per heavy atom. The third-order valence-corrected chi connectivity index (χ3v) is 4.70. The predicted molar refractivity (Wildman–Crippen MR) is 100 cm³/mol. The van der Waals surface area contributed by atoms with Crippen LogP contribution in [0.2, 0.25) is 0 Å². The highest BCUT2D eigenvalue weighted by Gasteiger charge is 2.22. The van der Waals surface area contributed by atoms with Crippen molar-refractivity contribution < 1.29 is 4.79 Å². The molecule has 1 N–H and O–H groups in total. The molecular weight excluding hydrogens is 332 g/mol. The first kappa shape index (κ1) is 17.4. The van der Waals surface area contributed by atoms with Crippen molar-refractivity contribution in [2.75, 3.05) is 0 Å². The summed E-state index contributed by atoms with van der Waals surface area (Å²) in [7, 11) is 0. The second-order valence-electron chi connectivity index (χ2n) is 6.41. The minimum atomic E-state index is -0.0892. The molecule has 1 amide bonds. The van der Waals surface area contributed by atoms with Gasteiger partial charge in [0.2, 0.25) is 0 Å². The number of rotatable bonds is 6. The van der Waals surface area contributed by atoms with Crippen LogP contribution in [0.15, 0.2) is 47.4 Å². The molecule has 0 aliphatic heterocycles. The summed E-state index contributed by atoms with van der Waals surface area (Å²) in [6, 6.07) is 7.81. The zero-order chi connectivity index (χ0) is 17.8. The smallest absolute Gasteiger partial charge is 0.255 e. The average Bonchev–Trinajstić information content (AvgIpc) is 3.24. The molecule has 25 heavy (non-hydrogen) atoms. The van der Waals surface area contributed by atoms with Crippen LogP contribution < -0.4 is 5.32 Å². The molecule has 0 saturated heterocycles. The minimum Gasteiger partial charge on any atom is -0.349 e. The van der Waals surface area contributed by atoms with Crippen LogP contribution in [-0.2, 0) is 6.42 Å². The molecule has 1 unspecified atom stereocenters. The van der Waals surface area contributed by atoms with Gasteiger partial charge in [0.05, 0.1) is 17.5 Å². The zero-order valence-corrected chi connectivity index (χ0v) is 15.5. The molecule has 3 aromatic heterocycles. The summed E-state index contributed by atoms with van der Waals surface area (Å²) in [4.78, 5) is 17.1. The quantitative estimate of drug-likeness (QED) is 0.732. The van der Waals surface area contributed by atoms with Crippen molar-refractivity contribution in [3.05, 3.63) is 64.2 Å². The molecule has 1 atom stereocenters.